The minimum absolute atomic E-state index is 0.163. The molecule has 0 unspecified atom stereocenters. The summed E-state index contributed by atoms with van der Waals surface area (Å²) < 4.78 is 5.37. The van der Waals surface area contributed by atoms with Crippen molar-refractivity contribution in [2.75, 3.05) is 13.3 Å². The zero-order valence-corrected chi connectivity index (χ0v) is 11.4. The molecule has 0 aliphatic carbocycles. The summed E-state index contributed by atoms with van der Waals surface area (Å²) in [6.45, 7) is 7.22. The summed E-state index contributed by atoms with van der Waals surface area (Å²) in [5.74, 6) is 0.180. The van der Waals surface area contributed by atoms with Crippen LogP contribution in [0.2, 0.25) is 0 Å². The van der Waals surface area contributed by atoms with Crippen molar-refractivity contribution in [3.05, 3.63) is 35.4 Å². The summed E-state index contributed by atoms with van der Waals surface area (Å²) in [6, 6.07) is 8.32. The molecule has 1 aromatic carbocycles. The van der Waals surface area contributed by atoms with Gasteiger partial charge in [-0.2, -0.15) is 0 Å². The van der Waals surface area contributed by atoms with Gasteiger partial charge in [0, 0.05) is 6.42 Å². The molecule has 1 aliphatic heterocycles. The monoisotopic (exact) mass is 247 g/mol. The molecule has 1 aromatic rings. The molecule has 0 aromatic heterocycles. The zero-order chi connectivity index (χ0) is 13.2. The molecule has 0 N–H and O–H groups in total. The Morgan fingerprint density at radius 2 is 2.22 bits per heavy atom. The molecule has 1 fully saturated rings. The van der Waals surface area contributed by atoms with E-state index in [0.717, 1.165) is 6.42 Å². The molecule has 2 rings (SSSR count). The highest BCUT2D eigenvalue weighted by molar-refractivity contribution is 5.77. The Hall–Kier alpha value is -1.35. The SMILES string of the molecule is Cc1cccc(CCC(=O)N2COCC2(C)C)c1. The second kappa shape index (κ2) is 5.11. The normalized spacial score (nSPS) is 18.1. The summed E-state index contributed by atoms with van der Waals surface area (Å²) in [5.41, 5.74) is 2.30. The Morgan fingerprint density at radius 1 is 1.44 bits per heavy atom. The minimum Gasteiger partial charge on any atom is -0.359 e. The first-order valence-corrected chi connectivity index (χ1v) is 6.43. The highest BCUT2D eigenvalue weighted by atomic mass is 16.5. The number of aryl methyl sites for hydroxylation is 2. The lowest BCUT2D eigenvalue weighted by Crippen LogP contribution is -2.44. The van der Waals surface area contributed by atoms with Crippen LogP contribution in [0.4, 0.5) is 0 Å². The first kappa shape index (κ1) is 13.1. The summed E-state index contributed by atoms with van der Waals surface area (Å²) >= 11 is 0. The summed E-state index contributed by atoms with van der Waals surface area (Å²) in [5, 5.41) is 0. The van der Waals surface area contributed by atoms with Gasteiger partial charge >= 0.3 is 0 Å². The zero-order valence-electron chi connectivity index (χ0n) is 11.4. The van der Waals surface area contributed by atoms with Crippen molar-refractivity contribution in [3.8, 4) is 0 Å². The topological polar surface area (TPSA) is 29.5 Å². The van der Waals surface area contributed by atoms with Crippen LogP contribution in [0.1, 0.15) is 31.4 Å². The molecule has 0 radical (unpaired) electrons. The fraction of sp³-hybridized carbons (Fsp3) is 0.533. The molecule has 1 saturated heterocycles. The van der Waals surface area contributed by atoms with Crippen LogP contribution < -0.4 is 0 Å². The van der Waals surface area contributed by atoms with Gasteiger partial charge in [0.05, 0.1) is 12.1 Å². The van der Waals surface area contributed by atoms with Gasteiger partial charge in [-0.3, -0.25) is 4.79 Å². The van der Waals surface area contributed by atoms with E-state index in [2.05, 4.69) is 25.1 Å². The number of ether oxygens (including phenoxy) is 1. The summed E-state index contributed by atoms with van der Waals surface area (Å²) in [4.78, 5) is 14.0. The molecule has 3 heteroatoms. The molecule has 1 amide bonds. The Kier molecular flexibility index (Phi) is 3.71. The minimum atomic E-state index is -0.163. The fourth-order valence-corrected chi connectivity index (χ4v) is 2.30. The maximum absolute atomic E-state index is 12.2. The van der Waals surface area contributed by atoms with Crippen LogP contribution in [0.5, 0.6) is 0 Å². The van der Waals surface area contributed by atoms with Crippen LogP contribution >= 0.6 is 0 Å². The number of amides is 1. The van der Waals surface area contributed by atoms with Gasteiger partial charge in [0.1, 0.15) is 6.73 Å². The molecular weight excluding hydrogens is 226 g/mol. The number of hydrogen-bond donors (Lipinski definition) is 0. The van der Waals surface area contributed by atoms with E-state index >= 15 is 0 Å². The fourth-order valence-electron chi connectivity index (χ4n) is 2.30. The standard InChI is InChI=1S/C15H21NO2/c1-12-5-4-6-13(9-12)7-8-14(17)16-11-18-10-15(16,2)3/h4-6,9H,7-8,10-11H2,1-3H3. The van der Waals surface area contributed by atoms with Gasteiger partial charge in [0.15, 0.2) is 0 Å². The molecule has 0 bridgehead atoms. The van der Waals surface area contributed by atoms with Crippen molar-refractivity contribution >= 4 is 5.91 Å². The Bertz CT molecular complexity index is 440. The van der Waals surface area contributed by atoms with E-state index in [0.29, 0.717) is 19.8 Å². The van der Waals surface area contributed by atoms with E-state index in [9.17, 15) is 4.79 Å². The van der Waals surface area contributed by atoms with Gasteiger partial charge in [-0.15, -0.1) is 0 Å². The third kappa shape index (κ3) is 2.91. The van der Waals surface area contributed by atoms with Gasteiger partial charge in [0.25, 0.3) is 0 Å². The van der Waals surface area contributed by atoms with Crippen LogP contribution in [0.3, 0.4) is 0 Å². The first-order chi connectivity index (χ1) is 8.49. The number of carbonyl (C=O) groups is 1. The summed E-state index contributed by atoms with van der Waals surface area (Å²) in [6.07, 6.45) is 1.35. The lowest BCUT2D eigenvalue weighted by atomic mass is 10.0. The molecule has 3 nitrogen and oxygen atoms in total. The molecule has 1 aliphatic rings. The van der Waals surface area contributed by atoms with Crippen molar-refractivity contribution in [1.82, 2.24) is 4.90 Å². The number of hydrogen-bond acceptors (Lipinski definition) is 2. The maximum Gasteiger partial charge on any atom is 0.225 e. The molecule has 98 valence electrons. The lowest BCUT2D eigenvalue weighted by molar-refractivity contribution is -0.135. The van der Waals surface area contributed by atoms with Crippen LogP contribution in [-0.4, -0.2) is 29.7 Å². The van der Waals surface area contributed by atoms with E-state index in [-0.39, 0.29) is 11.4 Å². The van der Waals surface area contributed by atoms with Crippen LogP contribution in [0.25, 0.3) is 0 Å². The Morgan fingerprint density at radius 3 is 2.83 bits per heavy atom. The van der Waals surface area contributed by atoms with Crippen molar-refractivity contribution < 1.29 is 9.53 Å². The van der Waals surface area contributed by atoms with E-state index in [1.54, 1.807) is 0 Å². The van der Waals surface area contributed by atoms with E-state index in [4.69, 9.17) is 4.74 Å². The van der Waals surface area contributed by atoms with Gasteiger partial charge in [-0.1, -0.05) is 29.8 Å². The molecule has 0 spiro atoms. The predicted octanol–water partition coefficient (Wildman–Crippen LogP) is 2.52. The molecule has 0 atom stereocenters. The third-order valence-corrected chi connectivity index (χ3v) is 3.42. The average Bonchev–Trinajstić information content (AvgIpc) is 2.66. The van der Waals surface area contributed by atoms with Crippen LogP contribution in [0.15, 0.2) is 24.3 Å². The average molecular weight is 247 g/mol. The van der Waals surface area contributed by atoms with Gasteiger partial charge in [-0.05, 0) is 32.8 Å². The molecular formula is C15H21NO2. The number of benzene rings is 1. The number of rotatable bonds is 3. The highest BCUT2D eigenvalue weighted by Crippen LogP contribution is 2.22. The van der Waals surface area contributed by atoms with Crippen molar-refractivity contribution in [2.24, 2.45) is 0 Å². The van der Waals surface area contributed by atoms with Gasteiger partial charge in [0.2, 0.25) is 5.91 Å². The molecule has 18 heavy (non-hydrogen) atoms. The van der Waals surface area contributed by atoms with Crippen molar-refractivity contribution in [1.29, 1.82) is 0 Å². The molecule has 0 saturated carbocycles. The van der Waals surface area contributed by atoms with Gasteiger partial charge in [-0.25, -0.2) is 0 Å². The smallest absolute Gasteiger partial charge is 0.225 e. The van der Waals surface area contributed by atoms with Gasteiger partial charge < -0.3 is 9.64 Å². The Labute approximate surface area is 109 Å². The largest absolute Gasteiger partial charge is 0.359 e. The second-order valence-corrected chi connectivity index (χ2v) is 5.60. The summed E-state index contributed by atoms with van der Waals surface area (Å²) in [7, 11) is 0. The van der Waals surface area contributed by atoms with Crippen LogP contribution in [0, 0.1) is 6.92 Å². The van der Waals surface area contributed by atoms with E-state index in [1.165, 1.54) is 11.1 Å². The second-order valence-electron chi connectivity index (χ2n) is 5.60. The molecule has 1 heterocycles. The quantitative estimate of drug-likeness (QED) is 0.821. The highest BCUT2D eigenvalue weighted by Gasteiger charge is 2.35. The van der Waals surface area contributed by atoms with E-state index < -0.39 is 0 Å². The first-order valence-electron chi connectivity index (χ1n) is 6.43. The lowest BCUT2D eigenvalue weighted by Gasteiger charge is -2.29. The van der Waals surface area contributed by atoms with Crippen molar-refractivity contribution in [3.63, 3.8) is 0 Å². The van der Waals surface area contributed by atoms with Crippen molar-refractivity contribution in [2.45, 2.75) is 39.2 Å². The number of carbonyl (C=O) groups excluding carboxylic acids is 1. The number of nitrogens with zero attached hydrogens (tertiary/aromatic N) is 1. The maximum atomic E-state index is 12.2. The van der Waals surface area contributed by atoms with E-state index in [1.807, 2.05) is 24.8 Å². The Balaban J connectivity index is 1.93. The van der Waals surface area contributed by atoms with Crippen LogP contribution in [-0.2, 0) is 16.0 Å². The third-order valence-electron chi connectivity index (χ3n) is 3.42. The predicted molar refractivity (Wildman–Crippen MR) is 71.2 cm³/mol.